The van der Waals surface area contributed by atoms with Crippen molar-refractivity contribution < 1.29 is 9.53 Å². The summed E-state index contributed by atoms with van der Waals surface area (Å²) >= 11 is 0. The van der Waals surface area contributed by atoms with E-state index in [0.29, 0.717) is 36.8 Å². The number of ether oxygens (including phenoxy) is 1. The van der Waals surface area contributed by atoms with Gasteiger partial charge in [0.1, 0.15) is 0 Å². The quantitative estimate of drug-likeness (QED) is 0.728. The molecule has 1 aliphatic heterocycles. The standard InChI is InChI=1S/C20H27N3O3/c1-2-11-22(14-16-7-6-13-26-16)19(24)10-5-12-23-15-21-18-9-4-3-8-17(18)20(23)25/h3-4,8-9,15-16H,2,5-7,10-14H2,1H3. The molecule has 1 fully saturated rings. The third-order valence-corrected chi connectivity index (χ3v) is 4.82. The zero-order valence-corrected chi connectivity index (χ0v) is 15.4. The van der Waals surface area contributed by atoms with Crippen molar-refractivity contribution in [2.45, 2.75) is 51.7 Å². The van der Waals surface area contributed by atoms with E-state index in [1.807, 2.05) is 23.1 Å². The Hall–Kier alpha value is -2.21. The van der Waals surface area contributed by atoms with Gasteiger partial charge in [-0.15, -0.1) is 0 Å². The summed E-state index contributed by atoms with van der Waals surface area (Å²) in [7, 11) is 0. The first-order chi connectivity index (χ1) is 12.7. The highest BCUT2D eigenvalue weighted by molar-refractivity contribution is 5.77. The smallest absolute Gasteiger partial charge is 0.261 e. The normalized spacial score (nSPS) is 16.9. The molecule has 1 amide bonds. The second-order valence-electron chi connectivity index (χ2n) is 6.84. The molecule has 1 unspecified atom stereocenters. The summed E-state index contributed by atoms with van der Waals surface area (Å²) in [6.07, 6.45) is 5.87. The van der Waals surface area contributed by atoms with Crippen molar-refractivity contribution in [2.24, 2.45) is 0 Å². The van der Waals surface area contributed by atoms with Gasteiger partial charge in [-0.1, -0.05) is 19.1 Å². The number of hydrogen-bond donors (Lipinski definition) is 0. The molecule has 1 aromatic carbocycles. The lowest BCUT2D eigenvalue weighted by Crippen LogP contribution is -2.38. The van der Waals surface area contributed by atoms with Crippen LogP contribution in [-0.2, 0) is 16.1 Å². The first-order valence-electron chi connectivity index (χ1n) is 9.52. The van der Waals surface area contributed by atoms with Crippen LogP contribution in [0, 0.1) is 0 Å². The van der Waals surface area contributed by atoms with Crippen LogP contribution >= 0.6 is 0 Å². The molecule has 3 rings (SSSR count). The van der Waals surface area contributed by atoms with Gasteiger partial charge in [-0.25, -0.2) is 4.98 Å². The van der Waals surface area contributed by atoms with Crippen LogP contribution in [0.25, 0.3) is 10.9 Å². The minimum Gasteiger partial charge on any atom is -0.376 e. The van der Waals surface area contributed by atoms with E-state index in [4.69, 9.17) is 4.74 Å². The largest absolute Gasteiger partial charge is 0.376 e. The third kappa shape index (κ3) is 4.49. The molecule has 0 N–H and O–H groups in total. The number of para-hydroxylation sites is 1. The molecule has 26 heavy (non-hydrogen) atoms. The Morgan fingerprint density at radius 2 is 2.23 bits per heavy atom. The molecule has 1 aliphatic rings. The topological polar surface area (TPSA) is 64.4 Å². The van der Waals surface area contributed by atoms with Gasteiger partial charge in [0.05, 0.1) is 23.3 Å². The van der Waals surface area contributed by atoms with Gasteiger partial charge in [0.25, 0.3) is 5.56 Å². The summed E-state index contributed by atoms with van der Waals surface area (Å²) in [6, 6.07) is 7.33. The fourth-order valence-electron chi connectivity index (χ4n) is 3.45. The average molecular weight is 357 g/mol. The van der Waals surface area contributed by atoms with E-state index in [0.717, 1.165) is 32.4 Å². The number of fused-ring (bicyclic) bond motifs is 1. The van der Waals surface area contributed by atoms with Crippen LogP contribution < -0.4 is 5.56 Å². The van der Waals surface area contributed by atoms with Gasteiger partial charge in [-0.05, 0) is 37.8 Å². The average Bonchev–Trinajstić information content (AvgIpc) is 3.16. The zero-order chi connectivity index (χ0) is 18.4. The summed E-state index contributed by atoms with van der Waals surface area (Å²) in [6.45, 7) is 4.83. The van der Waals surface area contributed by atoms with E-state index in [2.05, 4.69) is 11.9 Å². The van der Waals surface area contributed by atoms with Crippen molar-refractivity contribution in [2.75, 3.05) is 19.7 Å². The minimum atomic E-state index is -0.0483. The van der Waals surface area contributed by atoms with E-state index in [-0.39, 0.29) is 17.6 Å². The van der Waals surface area contributed by atoms with E-state index < -0.39 is 0 Å². The Morgan fingerprint density at radius 1 is 1.38 bits per heavy atom. The molecule has 1 atom stereocenters. The molecule has 0 spiro atoms. The zero-order valence-electron chi connectivity index (χ0n) is 15.4. The van der Waals surface area contributed by atoms with Crippen LogP contribution in [0.15, 0.2) is 35.4 Å². The number of amides is 1. The van der Waals surface area contributed by atoms with Crippen molar-refractivity contribution >= 4 is 16.8 Å². The van der Waals surface area contributed by atoms with E-state index >= 15 is 0 Å². The lowest BCUT2D eigenvalue weighted by molar-refractivity contribution is -0.133. The highest BCUT2D eigenvalue weighted by atomic mass is 16.5. The number of rotatable bonds is 8. The van der Waals surface area contributed by atoms with Crippen molar-refractivity contribution in [3.05, 3.63) is 40.9 Å². The van der Waals surface area contributed by atoms with Crippen molar-refractivity contribution in [3.63, 3.8) is 0 Å². The van der Waals surface area contributed by atoms with Gasteiger partial charge in [0.15, 0.2) is 0 Å². The highest BCUT2D eigenvalue weighted by Crippen LogP contribution is 2.14. The number of carbonyl (C=O) groups is 1. The summed E-state index contributed by atoms with van der Waals surface area (Å²) in [5, 5.41) is 0.618. The van der Waals surface area contributed by atoms with Crippen LogP contribution in [-0.4, -0.2) is 46.2 Å². The number of benzene rings is 1. The molecule has 0 bridgehead atoms. The van der Waals surface area contributed by atoms with Gasteiger partial charge < -0.3 is 9.64 Å². The van der Waals surface area contributed by atoms with Crippen LogP contribution in [0.3, 0.4) is 0 Å². The SMILES string of the molecule is CCCN(CC1CCCO1)C(=O)CCCn1cnc2ccccc2c1=O. The minimum absolute atomic E-state index is 0.0483. The molecule has 2 heterocycles. The van der Waals surface area contributed by atoms with Crippen LogP contribution in [0.4, 0.5) is 0 Å². The Balaban J connectivity index is 1.56. The van der Waals surface area contributed by atoms with Crippen molar-refractivity contribution in [1.29, 1.82) is 0 Å². The third-order valence-electron chi connectivity index (χ3n) is 4.82. The highest BCUT2D eigenvalue weighted by Gasteiger charge is 2.21. The van der Waals surface area contributed by atoms with Crippen molar-refractivity contribution in [3.8, 4) is 0 Å². The van der Waals surface area contributed by atoms with E-state index in [9.17, 15) is 9.59 Å². The van der Waals surface area contributed by atoms with E-state index in [1.165, 1.54) is 0 Å². The van der Waals surface area contributed by atoms with Gasteiger partial charge in [0.2, 0.25) is 5.91 Å². The Kier molecular flexibility index (Phi) is 6.39. The number of carbonyl (C=O) groups excluding carboxylic acids is 1. The number of aromatic nitrogens is 2. The predicted octanol–water partition coefficient (Wildman–Crippen LogP) is 2.59. The molecule has 1 saturated heterocycles. The molecule has 0 saturated carbocycles. The van der Waals surface area contributed by atoms with Gasteiger partial charge in [-0.2, -0.15) is 0 Å². The van der Waals surface area contributed by atoms with Crippen LogP contribution in [0.5, 0.6) is 0 Å². The second-order valence-corrected chi connectivity index (χ2v) is 6.84. The predicted molar refractivity (Wildman–Crippen MR) is 101 cm³/mol. The van der Waals surface area contributed by atoms with Gasteiger partial charge in [0, 0.05) is 32.7 Å². The lowest BCUT2D eigenvalue weighted by Gasteiger charge is -2.25. The molecule has 6 nitrogen and oxygen atoms in total. The lowest BCUT2D eigenvalue weighted by atomic mass is 10.2. The molecular formula is C20H27N3O3. The summed E-state index contributed by atoms with van der Waals surface area (Å²) in [5.41, 5.74) is 0.656. The molecule has 1 aromatic heterocycles. The first kappa shape index (κ1) is 18.6. The van der Waals surface area contributed by atoms with Crippen LogP contribution in [0.2, 0.25) is 0 Å². The number of nitrogens with zero attached hydrogens (tertiary/aromatic N) is 3. The Bertz CT molecular complexity index is 796. The fourth-order valence-corrected chi connectivity index (χ4v) is 3.45. The summed E-state index contributed by atoms with van der Waals surface area (Å²) < 4.78 is 7.26. The maximum atomic E-state index is 12.6. The molecule has 0 radical (unpaired) electrons. The Morgan fingerprint density at radius 3 is 3.00 bits per heavy atom. The molecule has 6 heteroatoms. The second kappa shape index (κ2) is 8.94. The van der Waals surface area contributed by atoms with Crippen LogP contribution in [0.1, 0.15) is 39.0 Å². The van der Waals surface area contributed by atoms with Crippen molar-refractivity contribution in [1.82, 2.24) is 14.5 Å². The molecule has 140 valence electrons. The molecule has 2 aromatic rings. The van der Waals surface area contributed by atoms with Gasteiger partial charge in [-0.3, -0.25) is 14.2 Å². The summed E-state index contributed by atoms with van der Waals surface area (Å²) in [5.74, 6) is 0.143. The monoisotopic (exact) mass is 357 g/mol. The number of aryl methyl sites for hydroxylation is 1. The number of hydrogen-bond acceptors (Lipinski definition) is 4. The molecular weight excluding hydrogens is 330 g/mol. The Labute approximate surface area is 153 Å². The van der Waals surface area contributed by atoms with E-state index in [1.54, 1.807) is 17.0 Å². The first-order valence-corrected chi connectivity index (χ1v) is 9.52. The fraction of sp³-hybridized carbons (Fsp3) is 0.550. The summed E-state index contributed by atoms with van der Waals surface area (Å²) in [4.78, 5) is 31.3. The molecule has 0 aliphatic carbocycles. The van der Waals surface area contributed by atoms with Gasteiger partial charge >= 0.3 is 0 Å². The maximum absolute atomic E-state index is 12.6. The maximum Gasteiger partial charge on any atom is 0.261 e.